The number of hydrogen-bond acceptors (Lipinski definition) is 2. The van der Waals surface area contributed by atoms with E-state index >= 15 is 0 Å². The average Bonchev–Trinajstić information content (AvgIpc) is 2.47. The second kappa shape index (κ2) is 3.50. The summed E-state index contributed by atoms with van der Waals surface area (Å²) in [6.45, 7) is 5.25. The molecule has 13 heavy (non-hydrogen) atoms. The van der Waals surface area contributed by atoms with E-state index in [-0.39, 0.29) is 0 Å². The Bertz CT molecular complexity index is 284. The lowest BCUT2D eigenvalue weighted by Crippen LogP contribution is -2.27. The number of imidazole rings is 1. The summed E-state index contributed by atoms with van der Waals surface area (Å²) in [5.41, 5.74) is 2.44. The van der Waals surface area contributed by atoms with Crippen LogP contribution in [0.25, 0.3) is 0 Å². The van der Waals surface area contributed by atoms with E-state index in [2.05, 4.69) is 22.2 Å². The molecular formula is C10H17N3. The molecule has 1 atom stereocenters. The Balaban J connectivity index is 2.18. The van der Waals surface area contributed by atoms with Crippen LogP contribution in [-0.2, 0) is 0 Å². The van der Waals surface area contributed by atoms with Gasteiger partial charge >= 0.3 is 0 Å². The highest BCUT2D eigenvalue weighted by molar-refractivity contribution is 5.17. The molecule has 0 radical (unpaired) electrons. The van der Waals surface area contributed by atoms with Gasteiger partial charge in [0.15, 0.2) is 0 Å². The Kier molecular flexibility index (Phi) is 2.36. The molecule has 1 aromatic heterocycles. The van der Waals surface area contributed by atoms with Gasteiger partial charge in [0.25, 0.3) is 0 Å². The topological polar surface area (TPSA) is 40.7 Å². The minimum absolute atomic E-state index is 0.485. The fourth-order valence-electron chi connectivity index (χ4n) is 2.05. The Morgan fingerprint density at radius 2 is 2.15 bits per heavy atom. The van der Waals surface area contributed by atoms with E-state index < -0.39 is 0 Å². The van der Waals surface area contributed by atoms with Crippen molar-refractivity contribution >= 4 is 0 Å². The Morgan fingerprint density at radius 1 is 1.31 bits per heavy atom. The van der Waals surface area contributed by atoms with Crippen LogP contribution in [0.4, 0.5) is 0 Å². The molecule has 72 valence electrons. The summed E-state index contributed by atoms with van der Waals surface area (Å²) in [6, 6.07) is 0.485. The van der Waals surface area contributed by atoms with E-state index in [1.54, 1.807) is 0 Å². The summed E-state index contributed by atoms with van der Waals surface area (Å²) < 4.78 is 0. The molecule has 2 rings (SSSR count). The van der Waals surface area contributed by atoms with Gasteiger partial charge in [0, 0.05) is 5.69 Å². The van der Waals surface area contributed by atoms with Gasteiger partial charge in [-0.2, -0.15) is 0 Å². The van der Waals surface area contributed by atoms with E-state index in [0.29, 0.717) is 6.04 Å². The van der Waals surface area contributed by atoms with Gasteiger partial charge in [0.1, 0.15) is 5.82 Å². The standard InChI is InChI=1S/C10H17N3/c1-7-10(13-8(2)12-7)9-5-3-4-6-11-9/h9,11H,3-6H2,1-2H3,(H,12,13). The van der Waals surface area contributed by atoms with Gasteiger partial charge in [-0.3, -0.25) is 0 Å². The first-order valence-corrected chi connectivity index (χ1v) is 5.04. The van der Waals surface area contributed by atoms with Crippen molar-refractivity contribution in [1.29, 1.82) is 0 Å². The summed E-state index contributed by atoms with van der Waals surface area (Å²) >= 11 is 0. The molecule has 1 unspecified atom stereocenters. The minimum atomic E-state index is 0.485. The molecule has 0 spiro atoms. The normalized spacial score (nSPS) is 23.4. The lowest BCUT2D eigenvalue weighted by atomic mass is 10.0. The molecule has 2 N–H and O–H groups in total. The third kappa shape index (κ3) is 1.75. The van der Waals surface area contributed by atoms with Gasteiger partial charge < -0.3 is 10.3 Å². The van der Waals surface area contributed by atoms with Crippen molar-refractivity contribution in [1.82, 2.24) is 15.3 Å². The van der Waals surface area contributed by atoms with E-state index in [0.717, 1.165) is 12.4 Å². The average molecular weight is 179 g/mol. The molecular weight excluding hydrogens is 162 g/mol. The molecule has 1 aromatic rings. The fourth-order valence-corrected chi connectivity index (χ4v) is 2.05. The molecule has 0 aromatic carbocycles. The van der Waals surface area contributed by atoms with Crippen LogP contribution < -0.4 is 5.32 Å². The smallest absolute Gasteiger partial charge is 0.103 e. The van der Waals surface area contributed by atoms with Crippen molar-refractivity contribution < 1.29 is 0 Å². The summed E-state index contributed by atoms with van der Waals surface area (Å²) in [7, 11) is 0. The lowest BCUT2D eigenvalue weighted by Gasteiger charge is -2.22. The van der Waals surface area contributed by atoms with Crippen LogP contribution >= 0.6 is 0 Å². The van der Waals surface area contributed by atoms with Crippen molar-refractivity contribution in [3.63, 3.8) is 0 Å². The molecule has 0 bridgehead atoms. The Morgan fingerprint density at radius 3 is 2.69 bits per heavy atom. The molecule has 1 aliphatic rings. The number of piperidine rings is 1. The molecule has 3 nitrogen and oxygen atoms in total. The minimum Gasteiger partial charge on any atom is -0.346 e. The molecule has 1 saturated heterocycles. The molecule has 0 aliphatic carbocycles. The lowest BCUT2D eigenvalue weighted by molar-refractivity contribution is 0.405. The Hall–Kier alpha value is -0.830. The SMILES string of the molecule is Cc1nc(C2CCCCN2)c(C)[nH]1. The van der Waals surface area contributed by atoms with Gasteiger partial charge in [-0.1, -0.05) is 6.42 Å². The summed E-state index contributed by atoms with van der Waals surface area (Å²) in [4.78, 5) is 7.77. The zero-order chi connectivity index (χ0) is 9.26. The highest BCUT2D eigenvalue weighted by Crippen LogP contribution is 2.23. The number of aromatic nitrogens is 2. The number of aryl methyl sites for hydroxylation is 2. The quantitative estimate of drug-likeness (QED) is 0.690. The highest BCUT2D eigenvalue weighted by Gasteiger charge is 2.18. The number of aromatic amines is 1. The molecule has 1 aliphatic heterocycles. The van der Waals surface area contributed by atoms with Crippen molar-refractivity contribution in [3.05, 3.63) is 17.2 Å². The maximum absolute atomic E-state index is 4.52. The van der Waals surface area contributed by atoms with E-state index in [4.69, 9.17) is 0 Å². The summed E-state index contributed by atoms with van der Waals surface area (Å²) in [5.74, 6) is 1.03. The van der Waals surface area contributed by atoms with Crippen LogP contribution in [0, 0.1) is 13.8 Å². The molecule has 2 heterocycles. The van der Waals surface area contributed by atoms with Crippen LogP contribution in [0.2, 0.25) is 0 Å². The first-order chi connectivity index (χ1) is 6.27. The molecule has 3 heteroatoms. The highest BCUT2D eigenvalue weighted by atomic mass is 15.0. The predicted molar refractivity (Wildman–Crippen MR) is 52.7 cm³/mol. The third-order valence-electron chi connectivity index (χ3n) is 2.68. The third-order valence-corrected chi connectivity index (χ3v) is 2.68. The van der Waals surface area contributed by atoms with E-state index in [9.17, 15) is 0 Å². The zero-order valence-electron chi connectivity index (χ0n) is 8.35. The van der Waals surface area contributed by atoms with E-state index in [1.165, 1.54) is 30.7 Å². The van der Waals surface area contributed by atoms with Crippen molar-refractivity contribution in [3.8, 4) is 0 Å². The largest absolute Gasteiger partial charge is 0.346 e. The summed E-state index contributed by atoms with van der Waals surface area (Å²) in [6.07, 6.45) is 3.85. The van der Waals surface area contributed by atoms with Crippen LogP contribution in [0.5, 0.6) is 0 Å². The van der Waals surface area contributed by atoms with Crippen LogP contribution in [0.15, 0.2) is 0 Å². The first-order valence-electron chi connectivity index (χ1n) is 5.04. The number of nitrogens with one attached hydrogen (secondary N) is 2. The number of rotatable bonds is 1. The Labute approximate surface area is 79.0 Å². The van der Waals surface area contributed by atoms with Crippen molar-refractivity contribution in [2.45, 2.75) is 39.2 Å². The second-order valence-corrected chi connectivity index (χ2v) is 3.83. The van der Waals surface area contributed by atoms with Gasteiger partial charge in [-0.15, -0.1) is 0 Å². The molecule has 1 fully saturated rings. The predicted octanol–water partition coefficient (Wildman–Crippen LogP) is 1.84. The number of H-pyrrole nitrogens is 1. The van der Waals surface area contributed by atoms with Gasteiger partial charge in [0.2, 0.25) is 0 Å². The number of nitrogens with zero attached hydrogens (tertiary/aromatic N) is 1. The second-order valence-electron chi connectivity index (χ2n) is 3.83. The van der Waals surface area contributed by atoms with Crippen LogP contribution in [0.3, 0.4) is 0 Å². The van der Waals surface area contributed by atoms with Gasteiger partial charge in [-0.05, 0) is 33.2 Å². The first kappa shape index (κ1) is 8.75. The van der Waals surface area contributed by atoms with E-state index in [1.807, 2.05) is 6.92 Å². The van der Waals surface area contributed by atoms with Crippen LogP contribution in [-0.4, -0.2) is 16.5 Å². The van der Waals surface area contributed by atoms with Crippen molar-refractivity contribution in [2.75, 3.05) is 6.54 Å². The monoisotopic (exact) mass is 179 g/mol. The van der Waals surface area contributed by atoms with Crippen LogP contribution in [0.1, 0.15) is 42.5 Å². The summed E-state index contributed by atoms with van der Waals surface area (Å²) in [5, 5.41) is 3.51. The number of hydrogen-bond donors (Lipinski definition) is 2. The fraction of sp³-hybridized carbons (Fsp3) is 0.700. The molecule has 0 saturated carbocycles. The van der Waals surface area contributed by atoms with Gasteiger partial charge in [0.05, 0.1) is 11.7 Å². The zero-order valence-corrected chi connectivity index (χ0v) is 8.35. The maximum Gasteiger partial charge on any atom is 0.103 e. The van der Waals surface area contributed by atoms with Crippen molar-refractivity contribution in [2.24, 2.45) is 0 Å². The van der Waals surface area contributed by atoms with Gasteiger partial charge in [-0.25, -0.2) is 4.98 Å². The molecule has 0 amide bonds. The maximum atomic E-state index is 4.52.